The van der Waals surface area contributed by atoms with E-state index in [-0.39, 0.29) is 0 Å². The molecule has 3 aliphatic carbocycles. The second-order valence-electron chi connectivity index (χ2n) is 15.0. The number of anilines is 3. The molecule has 0 N–H and O–H groups in total. The normalized spacial score (nSPS) is 15.7. The average molecular weight is 732 g/mol. The van der Waals surface area contributed by atoms with Gasteiger partial charge in [-0.3, -0.25) is 0 Å². The van der Waals surface area contributed by atoms with Gasteiger partial charge in [-0.25, -0.2) is 0 Å². The first-order valence-corrected chi connectivity index (χ1v) is 19.7. The lowest BCUT2D eigenvalue weighted by atomic mass is 9.90. The van der Waals surface area contributed by atoms with Crippen molar-refractivity contribution in [3.63, 3.8) is 0 Å². The zero-order valence-corrected chi connectivity index (χ0v) is 31.3. The van der Waals surface area contributed by atoms with E-state index in [1.807, 2.05) is 12.1 Å². The highest BCUT2D eigenvalue weighted by Crippen LogP contribution is 2.40. The third-order valence-electron chi connectivity index (χ3n) is 11.5. The quantitative estimate of drug-likeness (QED) is 0.153. The number of nitrogens with zero attached hydrogens (tertiary/aromatic N) is 1. The number of para-hydroxylation sites is 1. The molecule has 0 saturated carbocycles. The van der Waals surface area contributed by atoms with Crippen LogP contribution in [0.15, 0.2) is 202 Å². The highest BCUT2D eigenvalue weighted by atomic mass is 16.3. The van der Waals surface area contributed by atoms with Gasteiger partial charge < -0.3 is 13.7 Å². The fourth-order valence-corrected chi connectivity index (χ4v) is 8.50. The predicted molar refractivity (Wildman–Crippen MR) is 236 cm³/mol. The molecule has 0 amide bonds. The molecule has 0 fully saturated rings. The molecule has 1 unspecified atom stereocenters. The van der Waals surface area contributed by atoms with Crippen LogP contribution in [0, 0.1) is 5.92 Å². The Morgan fingerprint density at radius 1 is 0.509 bits per heavy atom. The van der Waals surface area contributed by atoms with E-state index in [2.05, 4.69) is 186 Å². The summed E-state index contributed by atoms with van der Waals surface area (Å²) in [5, 5.41) is 3.48. The first-order valence-electron chi connectivity index (χ1n) is 19.7. The maximum atomic E-state index is 6.16. The lowest BCUT2D eigenvalue weighted by molar-refractivity contribution is 0.595. The minimum atomic E-state index is 0.360. The fraction of sp³-hybridized carbons (Fsp3) is 0.0741. The molecule has 270 valence electrons. The van der Waals surface area contributed by atoms with Gasteiger partial charge in [0.05, 0.1) is 0 Å². The average Bonchev–Trinajstić information content (AvgIpc) is 3.85. The van der Waals surface area contributed by atoms with E-state index < -0.39 is 0 Å². The highest BCUT2D eigenvalue weighted by Gasteiger charge is 2.18. The summed E-state index contributed by atoms with van der Waals surface area (Å²) in [6.45, 7) is 0. The topological polar surface area (TPSA) is 29.5 Å². The predicted octanol–water partition coefficient (Wildman–Crippen LogP) is 14.9. The summed E-state index contributed by atoms with van der Waals surface area (Å²) in [6.07, 6.45) is 20.4. The van der Waals surface area contributed by atoms with Crippen molar-refractivity contribution >= 4 is 61.6 Å². The van der Waals surface area contributed by atoms with Crippen LogP contribution in [0.25, 0.3) is 66.8 Å². The van der Waals surface area contributed by atoms with Crippen LogP contribution >= 0.6 is 0 Å². The van der Waals surface area contributed by atoms with Gasteiger partial charge in [0.1, 0.15) is 22.5 Å². The van der Waals surface area contributed by atoms with E-state index in [1.54, 1.807) is 0 Å². The molecule has 2 aromatic heterocycles. The summed E-state index contributed by atoms with van der Waals surface area (Å²) in [4.78, 5) is 2.33. The second-order valence-corrected chi connectivity index (χ2v) is 15.0. The molecule has 3 aliphatic rings. The van der Waals surface area contributed by atoms with Crippen LogP contribution in [0.2, 0.25) is 0 Å². The summed E-state index contributed by atoms with van der Waals surface area (Å²) in [7, 11) is 0. The zero-order chi connectivity index (χ0) is 37.7. The van der Waals surface area contributed by atoms with Gasteiger partial charge >= 0.3 is 0 Å². The molecular weight excluding hydrogens is 695 g/mol. The van der Waals surface area contributed by atoms with Crippen LogP contribution in [0.4, 0.5) is 17.1 Å². The summed E-state index contributed by atoms with van der Waals surface area (Å²) >= 11 is 0. The molecule has 0 saturated heterocycles. The van der Waals surface area contributed by atoms with Gasteiger partial charge in [-0.15, -0.1) is 0 Å². The smallest absolute Gasteiger partial charge is 0.135 e. The first kappa shape index (κ1) is 33.1. The van der Waals surface area contributed by atoms with Crippen molar-refractivity contribution in [2.75, 3.05) is 4.90 Å². The standard InChI is InChI=1S/C54H37NO2/c1-2-8-36(9-3-1)37-14-16-38(17-15-37)39-18-26-44(27-19-39)55(45-28-20-40(21-29-45)42-24-32-53-49(34-42)47-10-4-6-12-51(47)56-53)46-30-22-41(23-31-46)43-25-33-54-50(35-43)48-11-5-7-13-52(48)57-54/h1-4,6-8,10,12-14,16,18-36H,5,9,11H2. The van der Waals surface area contributed by atoms with Crippen molar-refractivity contribution < 1.29 is 8.83 Å². The molecule has 6 aromatic carbocycles. The SMILES string of the molecule is C1=C=C(C2C=CC=CC2)C=CC=1c1ccc(N(c2ccc(-c3ccc4oc5c(c4c3)CCC=C5)cc2)c2ccc(-c3ccc4oc5ccccc5c4c3)cc2)cc1. The Hall–Kier alpha value is -7.28. The van der Waals surface area contributed by atoms with Crippen LogP contribution in [0.1, 0.15) is 29.7 Å². The number of benzene rings is 6. The third-order valence-corrected chi connectivity index (χ3v) is 11.5. The lowest BCUT2D eigenvalue weighted by Crippen LogP contribution is -2.10. The molecule has 0 spiro atoms. The van der Waals surface area contributed by atoms with Gasteiger partial charge in [0.25, 0.3) is 0 Å². The van der Waals surface area contributed by atoms with Gasteiger partial charge in [0.15, 0.2) is 0 Å². The largest absolute Gasteiger partial charge is 0.456 e. The Balaban J connectivity index is 0.948. The molecular formula is C54H37NO2. The maximum Gasteiger partial charge on any atom is 0.135 e. The van der Waals surface area contributed by atoms with Gasteiger partial charge in [-0.05, 0) is 132 Å². The van der Waals surface area contributed by atoms with E-state index in [0.717, 1.165) is 91.9 Å². The first-order chi connectivity index (χ1) is 28.2. The van der Waals surface area contributed by atoms with Crippen LogP contribution < -0.4 is 4.90 Å². The molecule has 3 heteroatoms. The van der Waals surface area contributed by atoms with Crippen molar-refractivity contribution in [1.82, 2.24) is 0 Å². The highest BCUT2D eigenvalue weighted by molar-refractivity contribution is 6.06. The Labute approximate surface area is 331 Å². The van der Waals surface area contributed by atoms with E-state index >= 15 is 0 Å². The maximum absolute atomic E-state index is 6.16. The molecule has 0 aliphatic heterocycles. The zero-order valence-electron chi connectivity index (χ0n) is 31.3. The molecule has 8 aromatic rings. The van der Waals surface area contributed by atoms with Gasteiger partial charge in [0, 0.05) is 55.8 Å². The Bertz CT molecular complexity index is 3090. The molecule has 3 nitrogen and oxygen atoms in total. The Morgan fingerprint density at radius 2 is 1.14 bits per heavy atom. The Kier molecular flexibility index (Phi) is 8.00. The summed E-state index contributed by atoms with van der Waals surface area (Å²) in [6, 6.07) is 47.8. The summed E-state index contributed by atoms with van der Waals surface area (Å²) < 4.78 is 12.3. The lowest BCUT2D eigenvalue weighted by Gasteiger charge is -2.26. The van der Waals surface area contributed by atoms with Crippen LogP contribution in [0.3, 0.4) is 0 Å². The van der Waals surface area contributed by atoms with Crippen molar-refractivity contribution in [3.8, 4) is 22.3 Å². The summed E-state index contributed by atoms with van der Waals surface area (Å²) in [5.41, 5.74) is 22.2. The minimum absolute atomic E-state index is 0.360. The molecule has 0 radical (unpaired) electrons. The second kappa shape index (κ2) is 13.8. The van der Waals surface area contributed by atoms with E-state index in [9.17, 15) is 0 Å². The third kappa shape index (κ3) is 6.04. The molecule has 11 rings (SSSR count). The molecule has 0 bridgehead atoms. The van der Waals surface area contributed by atoms with E-state index in [4.69, 9.17) is 8.83 Å². The van der Waals surface area contributed by atoms with Gasteiger partial charge in [-0.1, -0.05) is 109 Å². The number of furan rings is 2. The van der Waals surface area contributed by atoms with Crippen LogP contribution in [-0.2, 0) is 6.42 Å². The van der Waals surface area contributed by atoms with Gasteiger partial charge in [0.2, 0.25) is 0 Å². The van der Waals surface area contributed by atoms with Crippen molar-refractivity contribution in [1.29, 1.82) is 0 Å². The van der Waals surface area contributed by atoms with Crippen molar-refractivity contribution in [2.45, 2.75) is 19.3 Å². The summed E-state index contributed by atoms with van der Waals surface area (Å²) in [5.74, 6) is 1.35. The Morgan fingerprint density at radius 3 is 1.81 bits per heavy atom. The number of fused-ring (bicyclic) bond motifs is 6. The number of hydrogen-bond donors (Lipinski definition) is 0. The fourth-order valence-electron chi connectivity index (χ4n) is 8.50. The van der Waals surface area contributed by atoms with E-state index in [1.165, 1.54) is 27.6 Å². The number of rotatable bonds is 7. The molecule has 57 heavy (non-hydrogen) atoms. The molecule has 2 heterocycles. The minimum Gasteiger partial charge on any atom is -0.456 e. The number of hydrogen-bond acceptors (Lipinski definition) is 3. The number of aryl methyl sites for hydroxylation is 1. The monoisotopic (exact) mass is 731 g/mol. The number of allylic oxidation sites excluding steroid dienone is 9. The van der Waals surface area contributed by atoms with Crippen molar-refractivity contribution in [3.05, 3.63) is 210 Å². The van der Waals surface area contributed by atoms with Crippen LogP contribution in [-0.4, -0.2) is 0 Å². The molecule has 1 atom stereocenters. The van der Waals surface area contributed by atoms with Crippen molar-refractivity contribution in [2.24, 2.45) is 5.92 Å². The van der Waals surface area contributed by atoms with E-state index in [0.29, 0.717) is 5.92 Å². The van der Waals surface area contributed by atoms with Gasteiger partial charge in [-0.2, -0.15) is 0 Å². The van der Waals surface area contributed by atoms with Crippen LogP contribution in [0.5, 0.6) is 0 Å².